The summed E-state index contributed by atoms with van der Waals surface area (Å²) in [6.07, 6.45) is 1.59. The molecule has 0 saturated heterocycles. The molecule has 9 nitrogen and oxygen atoms in total. The average molecular weight is 524 g/mol. The predicted molar refractivity (Wildman–Crippen MR) is 134 cm³/mol. The lowest BCUT2D eigenvalue weighted by Crippen LogP contribution is -2.12. The lowest BCUT2D eigenvalue weighted by Gasteiger charge is -2.13. The monoisotopic (exact) mass is 523 g/mol. The summed E-state index contributed by atoms with van der Waals surface area (Å²) in [6.45, 7) is 0. The summed E-state index contributed by atoms with van der Waals surface area (Å²) in [5, 5.41) is 8.93. The van der Waals surface area contributed by atoms with Crippen molar-refractivity contribution < 1.29 is 22.3 Å². The van der Waals surface area contributed by atoms with Crippen molar-refractivity contribution >= 4 is 37.3 Å². The molecule has 36 heavy (non-hydrogen) atoms. The van der Waals surface area contributed by atoms with E-state index in [0.29, 0.717) is 33.5 Å². The fourth-order valence-electron chi connectivity index (χ4n) is 3.73. The predicted octanol–water partition coefficient (Wildman–Crippen LogP) is 4.77. The molecular weight excluding hydrogens is 505 g/mol. The van der Waals surface area contributed by atoms with Crippen LogP contribution in [0.4, 0.5) is 9.52 Å². The van der Waals surface area contributed by atoms with Crippen LogP contribution in [0.1, 0.15) is 0 Å². The Morgan fingerprint density at radius 3 is 2.53 bits per heavy atom. The molecule has 0 aliphatic carbocycles. The van der Waals surface area contributed by atoms with Crippen LogP contribution in [-0.2, 0) is 10.0 Å². The lowest BCUT2D eigenvalue weighted by molar-refractivity contribution is 0.388. The topological polar surface area (TPSA) is 116 Å². The molecule has 5 rings (SSSR count). The maximum Gasteiger partial charge on any atom is 0.263 e. The van der Waals surface area contributed by atoms with Crippen LogP contribution in [0, 0.1) is 5.95 Å². The number of pyridine rings is 2. The number of hydrogen-bond donors (Lipinski definition) is 1. The zero-order valence-electron chi connectivity index (χ0n) is 19.0. The number of benzene rings is 2. The molecule has 0 fully saturated rings. The number of nitrogens with zero attached hydrogens (tertiary/aromatic N) is 4. The van der Waals surface area contributed by atoms with Crippen LogP contribution >= 0.6 is 11.3 Å². The molecule has 0 bridgehead atoms. The largest absolute Gasteiger partial charge is 0.496 e. The van der Waals surface area contributed by atoms with Crippen LogP contribution in [0.3, 0.4) is 0 Å². The van der Waals surface area contributed by atoms with E-state index < -0.39 is 16.0 Å². The first-order chi connectivity index (χ1) is 17.4. The van der Waals surface area contributed by atoms with Gasteiger partial charge < -0.3 is 9.47 Å². The zero-order chi connectivity index (χ0) is 25.3. The first-order valence-electron chi connectivity index (χ1n) is 10.5. The number of anilines is 1. The average Bonchev–Trinajstić information content (AvgIpc) is 3.40. The van der Waals surface area contributed by atoms with Crippen LogP contribution in [0.2, 0.25) is 0 Å². The Labute approximate surface area is 209 Å². The minimum absolute atomic E-state index is 0.0761. The second-order valence-corrected chi connectivity index (χ2v) is 10.0. The fraction of sp³-hybridized carbons (Fsp3) is 0.0833. The van der Waals surface area contributed by atoms with Gasteiger partial charge in [0.05, 0.1) is 24.8 Å². The van der Waals surface area contributed by atoms with Gasteiger partial charge in [0.1, 0.15) is 11.3 Å². The van der Waals surface area contributed by atoms with Gasteiger partial charge in [-0.3, -0.25) is 9.71 Å². The van der Waals surface area contributed by atoms with E-state index in [4.69, 9.17) is 9.47 Å². The number of fused-ring (bicyclic) bond motifs is 1. The Morgan fingerprint density at radius 2 is 1.81 bits per heavy atom. The van der Waals surface area contributed by atoms with E-state index in [1.807, 2.05) is 0 Å². The van der Waals surface area contributed by atoms with Gasteiger partial charge in [0, 0.05) is 28.8 Å². The van der Waals surface area contributed by atoms with E-state index in [1.165, 1.54) is 25.8 Å². The van der Waals surface area contributed by atoms with Crippen LogP contribution in [0.5, 0.6) is 11.6 Å². The van der Waals surface area contributed by atoms with Gasteiger partial charge in [-0.25, -0.2) is 8.42 Å². The number of sulfonamides is 1. The Morgan fingerprint density at radius 1 is 0.972 bits per heavy atom. The number of ether oxygens (including phenoxy) is 2. The molecule has 0 radical (unpaired) electrons. The van der Waals surface area contributed by atoms with Crippen molar-refractivity contribution in [3.05, 3.63) is 72.3 Å². The molecule has 0 atom stereocenters. The summed E-state index contributed by atoms with van der Waals surface area (Å²) in [6, 6.07) is 14.9. The molecular formula is C24H18FN5O4S2. The molecule has 3 aromatic heterocycles. The van der Waals surface area contributed by atoms with Crippen molar-refractivity contribution in [3.63, 3.8) is 0 Å². The number of methoxy groups -OCH3 is 2. The molecule has 0 aliphatic heterocycles. The standard InChI is InChI=1S/C24H18FN5O4S2/c1-33-20-12-14(18-7-8-21(34-2)28-23(18)25)3-5-19(20)22-17-6-4-16(11-15(17)9-10-26-22)36(31,32)30-24-29-27-13-35-24/h3-13H,1-2H3,(H,29,30). The fourth-order valence-corrected chi connectivity index (χ4v) is 5.46. The van der Waals surface area contributed by atoms with Crippen molar-refractivity contribution in [2.24, 2.45) is 0 Å². The van der Waals surface area contributed by atoms with Gasteiger partial charge in [-0.1, -0.05) is 23.5 Å². The molecule has 0 saturated carbocycles. The smallest absolute Gasteiger partial charge is 0.263 e. The third kappa shape index (κ3) is 4.43. The van der Waals surface area contributed by atoms with Crippen LogP contribution in [-0.4, -0.2) is 42.8 Å². The summed E-state index contributed by atoms with van der Waals surface area (Å²) in [5.41, 5.74) is 3.56. The third-order valence-electron chi connectivity index (χ3n) is 5.43. The van der Waals surface area contributed by atoms with Crippen LogP contribution in [0.15, 0.2) is 71.2 Å². The molecule has 3 heterocycles. The van der Waals surface area contributed by atoms with E-state index >= 15 is 0 Å². The first-order valence-corrected chi connectivity index (χ1v) is 12.8. The summed E-state index contributed by atoms with van der Waals surface area (Å²) in [5.74, 6) is -0.0136. The maximum atomic E-state index is 14.5. The molecule has 182 valence electrons. The molecule has 0 amide bonds. The van der Waals surface area contributed by atoms with Gasteiger partial charge in [-0.2, -0.15) is 9.37 Å². The number of nitrogens with one attached hydrogen (secondary N) is 1. The van der Waals surface area contributed by atoms with Crippen LogP contribution in [0.25, 0.3) is 33.2 Å². The van der Waals surface area contributed by atoms with E-state index in [9.17, 15) is 12.8 Å². The van der Waals surface area contributed by atoms with Crippen molar-refractivity contribution in [1.29, 1.82) is 0 Å². The van der Waals surface area contributed by atoms with E-state index in [0.717, 1.165) is 16.7 Å². The normalized spacial score (nSPS) is 11.4. The van der Waals surface area contributed by atoms with E-state index in [2.05, 4.69) is 24.9 Å². The number of halogens is 1. The SMILES string of the molecule is COc1ccc(-c2ccc(-c3nccc4cc(S(=O)(=O)Nc5nncs5)ccc34)c(OC)c2)c(F)n1. The highest BCUT2D eigenvalue weighted by molar-refractivity contribution is 7.93. The minimum atomic E-state index is -3.85. The Hall–Kier alpha value is -4.16. The molecule has 0 unspecified atom stereocenters. The van der Waals surface area contributed by atoms with Gasteiger partial charge in [-0.15, -0.1) is 10.2 Å². The highest BCUT2D eigenvalue weighted by Crippen LogP contribution is 2.37. The third-order valence-corrected chi connectivity index (χ3v) is 7.50. The highest BCUT2D eigenvalue weighted by Gasteiger charge is 2.19. The number of hydrogen-bond acceptors (Lipinski definition) is 9. The summed E-state index contributed by atoms with van der Waals surface area (Å²) in [4.78, 5) is 8.39. The lowest BCUT2D eigenvalue weighted by atomic mass is 9.99. The first kappa shape index (κ1) is 23.6. The van der Waals surface area contributed by atoms with Gasteiger partial charge in [-0.05, 0) is 47.3 Å². The number of rotatable bonds is 7. The van der Waals surface area contributed by atoms with E-state index in [1.54, 1.807) is 54.7 Å². The van der Waals surface area contributed by atoms with Gasteiger partial charge in [0.25, 0.3) is 10.0 Å². The Kier molecular flexibility index (Phi) is 6.20. The van der Waals surface area contributed by atoms with Crippen molar-refractivity contribution in [1.82, 2.24) is 20.2 Å². The van der Waals surface area contributed by atoms with Crippen molar-refractivity contribution in [2.45, 2.75) is 4.90 Å². The molecule has 1 N–H and O–H groups in total. The summed E-state index contributed by atoms with van der Waals surface area (Å²) >= 11 is 1.08. The molecule has 0 aliphatic rings. The van der Waals surface area contributed by atoms with Crippen molar-refractivity contribution in [3.8, 4) is 34.0 Å². The summed E-state index contributed by atoms with van der Waals surface area (Å²) < 4.78 is 53.1. The molecule has 5 aromatic rings. The minimum Gasteiger partial charge on any atom is -0.496 e. The second-order valence-electron chi connectivity index (χ2n) is 7.50. The van der Waals surface area contributed by atoms with Gasteiger partial charge in [0.15, 0.2) is 0 Å². The highest BCUT2D eigenvalue weighted by atomic mass is 32.2. The van der Waals surface area contributed by atoms with Crippen molar-refractivity contribution in [2.75, 3.05) is 18.9 Å². The Bertz CT molecular complexity index is 1680. The summed E-state index contributed by atoms with van der Waals surface area (Å²) in [7, 11) is -0.913. The molecule has 12 heteroatoms. The van der Waals surface area contributed by atoms with Gasteiger partial charge >= 0.3 is 0 Å². The molecule has 0 spiro atoms. The van der Waals surface area contributed by atoms with Crippen LogP contribution < -0.4 is 14.2 Å². The van der Waals surface area contributed by atoms with Gasteiger partial charge in [0.2, 0.25) is 17.0 Å². The zero-order valence-corrected chi connectivity index (χ0v) is 20.6. The maximum absolute atomic E-state index is 14.5. The molecule has 2 aromatic carbocycles. The van der Waals surface area contributed by atoms with E-state index in [-0.39, 0.29) is 15.9 Å². The Balaban J connectivity index is 1.55. The number of aromatic nitrogens is 4. The second kappa shape index (κ2) is 9.47. The quantitative estimate of drug-likeness (QED) is 0.303.